The lowest BCUT2D eigenvalue weighted by Gasteiger charge is -2.38. The van der Waals surface area contributed by atoms with Gasteiger partial charge in [-0.3, -0.25) is 9.59 Å². The maximum absolute atomic E-state index is 12.9. The van der Waals surface area contributed by atoms with Crippen molar-refractivity contribution in [2.75, 3.05) is 61.1 Å². The molecule has 2 fully saturated rings. The number of hydrogen-bond acceptors (Lipinski definition) is 6. The number of piperazine rings is 1. The molecule has 2 saturated heterocycles. The van der Waals surface area contributed by atoms with Crippen LogP contribution in [0.15, 0.2) is 65.3 Å². The summed E-state index contributed by atoms with van der Waals surface area (Å²) in [5, 5.41) is 6.01. The molecule has 3 aromatic rings. The van der Waals surface area contributed by atoms with Gasteiger partial charge < -0.3 is 29.6 Å². The molecular weight excluding hydrogens is 480 g/mol. The van der Waals surface area contributed by atoms with Crippen molar-refractivity contribution in [3.63, 3.8) is 0 Å². The van der Waals surface area contributed by atoms with E-state index in [0.29, 0.717) is 23.7 Å². The Morgan fingerprint density at radius 2 is 1.74 bits per heavy atom. The normalized spacial score (nSPS) is 17.4. The highest BCUT2D eigenvalue weighted by atomic mass is 16.5. The molecule has 0 saturated carbocycles. The van der Waals surface area contributed by atoms with Crippen LogP contribution in [0.5, 0.6) is 0 Å². The first kappa shape index (κ1) is 25.9. The number of aryl methyl sites for hydroxylation is 1. The zero-order valence-electron chi connectivity index (χ0n) is 21.9. The van der Waals surface area contributed by atoms with Crippen molar-refractivity contribution >= 4 is 28.9 Å². The third-order valence-corrected chi connectivity index (χ3v) is 7.43. The van der Waals surface area contributed by atoms with Gasteiger partial charge >= 0.3 is 0 Å². The Morgan fingerprint density at radius 1 is 0.947 bits per heavy atom. The van der Waals surface area contributed by atoms with E-state index in [1.807, 2.05) is 12.1 Å². The molecular formula is C30H36N4O4. The number of para-hydroxylation sites is 1. The number of nitrogens with zero attached hydrogens (tertiary/aromatic N) is 2. The molecule has 1 unspecified atom stereocenters. The highest BCUT2D eigenvalue weighted by Gasteiger charge is 2.23. The summed E-state index contributed by atoms with van der Waals surface area (Å²) < 4.78 is 10.7. The molecule has 0 radical (unpaired) electrons. The lowest BCUT2D eigenvalue weighted by molar-refractivity contribution is 0.0950. The molecule has 2 aliphatic heterocycles. The number of furan rings is 1. The quantitative estimate of drug-likeness (QED) is 0.401. The minimum Gasteiger partial charge on any atom is -0.459 e. The van der Waals surface area contributed by atoms with Gasteiger partial charge in [-0.1, -0.05) is 18.2 Å². The summed E-state index contributed by atoms with van der Waals surface area (Å²) in [6, 6.07) is 17.3. The second-order valence-electron chi connectivity index (χ2n) is 10.1. The van der Waals surface area contributed by atoms with Crippen LogP contribution in [0, 0.1) is 12.8 Å². The van der Waals surface area contributed by atoms with E-state index in [0.717, 1.165) is 64.3 Å². The SMILES string of the molecule is Cc1ccccc1N1CCN(c2ccc(C(=O)NCCCC3CCOC3)cc2NC(=O)c2ccco2)CC1. The van der Waals surface area contributed by atoms with Gasteiger partial charge in [0.1, 0.15) is 0 Å². The number of carbonyl (C=O) groups is 2. The number of ether oxygens (including phenoxy) is 1. The lowest BCUT2D eigenvalue weighted by atomic mass is 10.0. The minimum atomic E-state index is -0.342. The van der Waals surface area contributed by atoms with E-state index in [-0.39, 0.29) is 17.6 Å². The Morgan fingerprint density at radius 3 is 2.45 bits per heavy atom. The molecule has 8 heteroatoms. The van der Waals surface area contributed by atoms with Crippen LogP contribution in [-0.4, -0.2) is 57.8 Å². The van der Waals surface area contributed by atoms with Crippen LogP contribution in [0.1, 0.15) is 45.7 Å². The fourth-order valence-corrected chi connectivity index (χ4v) is 5.26. The zero-order valence-corrected chi connectivity index (χ0v) is 21.9. The van der Waals surface area contributed by atoms with Gasteiger partial charge in [0, 0.05) is 57.2 Å². The molecule has 0 bridgehead atoms. The van der Waals surface area contributed by atoms with E-state index in [1.54, 1.807) is 18.2 Å². The average Bonchev–Trinajstić information content (AvgIpc) is 3.67. The predicted molar refractivity (Wildman–Crippen MR) is 149 cm³/mol. The monoisotopic (exact) mass is 516 g/mol. The van der Waals surface area contributed by atoms with Crippen LogP contribution in [0.25, 0.3) is 0 Å². The van der Waals surface area contributed by atoms with Gasteiger partial charge in [-0.05, 0) is 74.1 Å². The number of hydrogen-bond donors (Lipinski definition) is 2. The van der Waals surface area contributed by atoms with Crippen molar-refractivity contribution in [3.05, 3.63) is 77.7 Å². The van der Waals surface area contributed by atoms with Crippen molar-refractivity contribution in [2.24, 2.45) is 5.92 Å². The van der Waals surface area contributed by atoms with E-state index < -0.39 is 0 Å². The van der Waals surface area contributed by atoms with Crippen molar-refractivity contribution in [1.82, 2.24) is 5.32 Å². The van der Waals surface area contributed by atoms with Crippen LogP contribution >= 0.6 is 0 Å². The van der Waals surface area contributed by atoms with Gasteiger partial charge in [0.25, 0.3) is 11.8 Å². The molecule has 1 aromatic heterocycles. The number of amides is 2. The van der Waals surface area contributed by atoms with E-state index in [4.69, 9.17) is 9.15 Å². The van der Waals surface area contributed by atoms with Gasteiger partial charge in [0.2, 0.25) is 0 Å². The van der Waals surface area contributed by atoms with Gasteiger partial charge in [-0.15, -0.1) is 0 Å². The van der Waals surface area contributed by atoms with Gasteiger partial charge in [-0.25, -0.2) is 0 Å². The Hall–Kier alpha value is -3.78. The summed E-state index contributed by atoms with van der Waals surface area (Å²) in [7, 11) is 0. The molecule has 2 aromatic carbocycles. The Kier molecular flexibility index (Phi) is 8.28. The number of carbonyl (C=O) groups excluding carboxylic acids is 2. The Bertz CT molecular complexity index is 1230. The summed E-state index contributed by atoms with van der Waals surface area (Å²) in [6.45, 7) is 7.76. The van der Waals surface area contributed by atoms with E-state index in [2.05, 4.69) is 51.6 Å². The predicted octanol–water partition coefficient (Wildman–Crippen LogP) is 4.71. The highest BCUT2D eigenvalue weighted by Crippen LogP contribution is 2.30. The minimum absolute atomic E-state index is 0.142. The number of nitrogens with one attached hydrogen (secondary N) is 2. The van der Waals surface area contributed by atoms with Crippen molar-refractivity contribution in [2.45, 2.75) is 26.2 Å². The van der Waals surface area contributed by atoms with Crippen molar-refractivity contribution in [3.8, 4) is 0 Å². The number of benzene rings is 2. The first-order valence-electron chi connectivity index (χ1n) is 13.5. The van der Waals surface area contributed by atoms with E-state index in [9.17, 15) is 9.59 Å². The maximum Gasteiger partial charge on any atom is 0.291 e. The molecule has 1 atom stereocenters. The summed E-state index contributed by atoms with van der Waals surface area (Å²) in [6.07, 6.45) is 4.55. The number of rotatable bonds is 9. The molecule has 0 spiro atoms. The second-order valence-corrected chi connectivity index (χ2v) is 10.1. The fraction of sp³-hybridized carbons (Fsp3) is 0.400. The summed E-state index contributed by atoms with van der Waals surface area (Å²) in [4.78, 5) is 30.5. The van der Waals surface area contributed by atoms with Crippen molar-refractivity contribution < 1.29 is 18.7 Å². The highest BCUT2D eigenvalue weighted by molar-refractivity contribution is 6.05. The summed E-state index contributed by atoms with van der Waals surface area (Å²) in [5.41, 5.74) is 4.54. The van der Waals surface area contributed by atoms with Gasteiger partial charge in [0.15, 0.2) is 5.76 Å². The standard InChI is InChI=1S/C30H36N4O4/c1-22-6-2-3-8-26(22)33-14-16-34(17-15-33)27-11-10-24(20-25(27)32-30(36)28-9-5-18-38-28)29(35)31-13-4-7-23-12-19-37-21-23/h2-3,5-6,8-11,18,20,23H,4,7,12-17,19,21H2,1H3,(H,31,35)(H,32,36). The number of anilines is 3. The molecule has 200 valence electrons. The van der Waals surface area contributed by atoms with Crippen LogP contribution in [0.4, 0.5) is 17.1 Å². The van der Waals surface area contributed by atoms with Gasteiger partial charge in [0.05, 0.1) is 17.6 Å². The lowest BCUT2D eigenvalue weighted by Crippen LogP contribution is -2.47. The first-order chi connectivity index (χ1) is 18.6. The topological polar surface area (TPSA) is 87.0 Å². The maximum atomic E-state index is 12.9. The Labute approximate surface area is 223 Å². The molecule has 5 rings (SSSR count). The third kappa shape index (κ3) is 6.19. The summed E-state index contributed by atoms with van der Waals surface area (Å²) in [5.74, 6) is 0.343. The van der Waals surface area contributed by atoms with Gasteiger partial charge in [-0.2, -0.15) is 0 Å². The Balaban J connectivity index is 1.27. The van der Waals surface area contributed by atoms with Crippen LogP contribution in [0.2, 0.25) is 0 Å². The molecule has 2 N–H and O–H groups in total. The second kappa shape index (κ2) is 12.2. The first-order valence-corrected chi connectivity index (χ1v) is 13.5. The van der Waals surface area contributed by atoms with Crippen LogP contribution in [-0.2, 0) is 4.74 Å². The zero-order chi connectivity index (χ0) is 26.3. The third-order valence-electron chi connectivity index (χ3n) is 7.43. The van der Waals surface area contributed by atoms with E-state index in [1.165, 1.54) is 17.5 Å². The van der Waals surface area contributed by atoms with E-state index >= 15 is 0 Å². The van der Waals surface area contributed by atoms with Crippen LogP contribution in [0.3, 0.4) is 0 Å². The molecule has 3 heterocycles. The molecule has 38 heavy (non-hydrogen) atoms. The molecule has 0 aliphatic carbocycles. The molecule has 2 aliphatic rings. The average molecular weight is 517 g/mol. The summed E-state index contributed by atoms with van der Waals surface area (Å²) >= 11 is 0. The molecule has 8 nitrogen and oxygen atoms in total. The van der Waals surface area contributed by atoms with Crippen molar-refractivity contribution in [1.29, 1.82) is 0 Å². The smallest absolute Gasteiger partial charge is 0.291 e. The largest absolute Gasteiger partial charge is 0.459 e. The van der Waals surface area contributed by atoms with Crippen LogP contribution < -0.4 is 20.4 Å². The molecule has 2 amide bonds. The fourth-order valence-electron chi connectivity index (χ4n) is 5.26.